The van der Waals surface area contributed by atoms with Crippen molar-refractivity contribution in [3.8, 4) is 0 Å². The zero-order valence-corrected chi connectivity index (χ0v) is 23.3. The standard InChI is InChI=1S/C32H39N5O4/c33-18-7-6-16-26(31(40)36-27(30(34)39)20-22-10-2-1-3-11-22)35-32(41)28-17-9-19-37(28)29(38)21-24-14-8-13-23-12-4-5-15-25(23)24/h1-5,8,10-15,26-28H,6-7,9,16-21,33H2,(H2,34,39)(H,35,41)(H,36,40)/t26?,27?,28-/m0/s1. The molecule has 0 bridgehead atoms. The molecule has 6 N–H and O–H groups in total. The molecule has 3 aromatic carbocycles. The van der Waals surface area contributed by atoms with Gasteiger partial charge in [0.15, 0.2) is 0 Å². The van der Waals surface area contributed by atoms with Gasteiger partial charge in [-0.2, -0.15) is 0 Å². The number of nitrogens with two attached hydrogens (primary N) is 2. The molecule has 9 nitrogen and oxygen atoms in total. The van der Waals surface area contributed by atoms with Gasteiger partial charge in [-0.25, -0.2) is 0 Å². The molecule has 3 aromatic rings. The smallest absolute Gasteiger partial charge is 0.243 e. The zero-order chi connectivity index (χ0) is 29.2. The van der Waals surface area contributed by atoms with E-state index >= 15 is 0 Å². The summed E-state index contributed by atoms with van der Waals surface area (Å²) in [4.78, 5) is 54.0. The van der Waals surface area contributed by atoms with Crippen molar-refractivity contribution in [2.24, 2.45) is 11.5 Å². The Labute approximate surface area is 240 Å². The number of carbonyl (C=O) groups excluding carboxylic acids is 4. The Balaban J connectivity index is 1.43. The third-order valence-electron chi connectivity index (χ3n) is 7.62. The third-order valence-corrected chi connectivity index (χ3v) is 7.62. The highest BCUT2D eigenvalue weighted by atomic mass is 16.2. The van der Waals surface area contributed by atoms with Gasteiger partial charge >= 0.3 is 0 Å². The first-order valence-electron chi connectivity index (χ1n) is 14.3. The van der Waals surface area contributed by atoms with E-state index in [1.165, 1.54) is 0 Å². The summed E-state index contributed by atoms with van der Waals surface area (Å²) in [5.41, 5.74) is 13.0. The number of carbonyl (C=O) groups is 4. The van der Waals surface area contributed by atoms with Crippen molar-refractivity contribution < 1.29 is 19.2 Å². The number of fused-ring (bicyclic) bond motifs is 1. The van der Waals surface area contributed by atoms with Crippen molar-refractivity contribution in [1.29, 1.82) is 0 Å². The lowest BCUT2D eigenvalue weighted by atomic mass is 10.0. The number of likely N-dealkylation sites (tertiary alicyclic amines) is 1. The van der Waals surface area contributed by atoms with E-state index in [0.29, 0.717) is 45.2 Å². The van der Waals surface area contributed by atoms with Gasteiger partial charge in [0.05, 0.1) is 6.42 Å². The molecular weight excluding hydrogens is 518 g/mol. The molecule has 1 saturated heterocycles. The van der Waals surface area contributed by atoms with Crippen molar-refractivity contribution >= 4 is 34.4 Å². The number of rotatable bonds is 13. The van der Waals surface area contributed by atoms with E-state index < -0.39 is 29.9 Å². The molecule has 0 radical (unpaired) electrons. The van der Waals surface area contributed by atoms with Crippen molar-refractivity contribution in [2.45, 2.75) is 63.1 Å². The summed E-state index contributed by atoms with van der Waals surface area (Å²) in [5, 5.41) is 7.67. The second kappa shape index (κ2) is 14.4. The van der Waals surface area contributed by atoms with Gasteiger partial charge in [0, 0.05) is 13.0 Å². The molecule has 3 atom stereocenters. The van der Waals surface area contributed by atoms with E-state index in [9.17, 15) is 19.2 Å². The lowest BCUT2D eigenvalue weighted by molar-refractivity contribution is -0.139. The Morgan fingerprint density at radius 3 is 2.37 bits per heavy atom. The summed E-state index contributed by atoms with van der Waals surface area (Å²) in [6.07, 6.45) is 3.29. The monoisotopic (exact) mass is 557 g/mol. The molecule has 1 aliphatic heterocycles. The van der Waals surface area contributed by atoms with Crippen LogP contribution in [0.4, 0.5) is 0 Å². The summed E-state index contributed by atoms with van der Waals surface area (Å²) in [7, 11) is 0. The zero-order valence-electron chi connectivity index (χ0n) is 23.3. The molecule has 0 spiro atoms. The van der Waals surface area contributed by atoms with Crippen LogP contribution in [0.5, 0.6) is 0 Å². The quantitative estimate of drug-likeness (QED) is 0.238. The highest BCUT2D eigenvalue weighted by molar-refractivity contribution is 5.95. The van der Waals surface area contributed by atoms with Gasteiger partial charge in [-0.15, -0.1) is 0 Å². The largest absolute Gasteiger partial charge is 0.368 e. The molecule has 1 aliphatic rings. The molecule has 1 fully saturated rings. The van der Waals surface area contributed by atoms with Crippen LogP contribution >= 0.6 is 0 Å². The molecule has 216 valence electrons. The SMILES string of the molecule is NCCCCC(NC(=O)[C@@H]1CCCN1C(=O)Cc1cccc2ccccc12)C(=O)NC(Cc1ccccc1)C(N)=O. The second-order valence-electron chi connectivity index (χ2n) is 10.6. The normalized spacial score (nSPS) is 16.2. The van der Waals surface area contributed by atoms with Crippen LogP contribution in [0.3, 0.4) is 0 Å². The molecule has 0 saturated carbocycles. The van der Waals surface area contributed by atoms with Crippen molar-refractivity contribution in [3.05, 3.63) is 83.9 Å². The minimum absolute atomic E-state index is 0.125. The maximum Gasteiger partial charge on any atom is 0.243 e. The van der Waals surface area contributed by atoms with Gasteiger partial charge < -0.3 is 27.0 Å². The fraction of sp³-hybridized carbons (Fsp3) is 0.375. The van der Waals surface area contributed by atoms with Crippen LogP contribution in [0.1, 0.15) is 43.2 Å². The van der Waals surface area contributed by atoms with Crippen LogP contribution in [-0.4, -0.2) is 59.7 Å². The number of primary amides is 1. The van der Waals surface area contributed by atoms with Crippen LogP contribution < -0.4 is 22.1 Å². The van der Waals surface area contributed by atoms with Crippen LogP contribution in [-0.2, 0) is 32.0 Å². The van der Waals surface area contributed by atoms with E-state index in [-0.39, 0.29) is 24.7 Å². The van der Waals surface area contributed by atoms with Crippen LogP contribution in [0, 0.1) is 0 Å². The van der Waals surface area contributed by atoms with Crippen molar-refractivity contribution in [2.75, 3.05) is 13.1 Å². The highest BCUT2D eigenvalue weighted by Gasteiger charge is 2.36. The molecule has 9 heteroatoms. The van der Waals surface area contributed by atoms with Gasteiger partial charge in [-0.05, 0) is 60.5 Å². The van der Waals surface area contributed by atoms with Gasteiger partial charge in [0.2, 0.25) is 23.6 Å². The molecule has 0 aliphatic carbocycles. The molecular formula is C32H39N5O4. The predicted octanol–water partition coefficient (Wildman–Crippen LogP) is 2.20. The first-order valence-corrected chi connectivity index (χ1v) is 14.3. The Morgan fingerprint density at radius 2 is 1.61 bits per heavy atom. The number of nitrogens with one attached hydrogen (secondary N) is 2. The maximum atomic E-state index is 13.5. The molecule has 2 unspecified atom stereocenters. The number of nitrogens with zero attached hydrogens (tertiary/aromatic N) is 1. The fourth-order valence-corrected chi connectivity index (χ4v) is 5.42. The van der Waals surface area contributed by atoms with Crippen molar-refractivity contribution in [3.63, 3.8) is 0 Å². The minimum Gasteiger partial charge on any atom is -0.368 e. The Morgan fingerprint density at radius 1 is 0.878 bits per heavy atom. The molecule has 1 heterocycles. The van der Waals surface area contributed by atoms with Gasteiger partial charge in [0.1, 0.15) is 18.1 Å². The summed E-state index contributed by atoms with van der Waals surface area (Å²) >= 11 is 0. The average Bonchev–Trinajstić information content (AvgIpc) is 3.48. The van der Waals surface area contributed by atoms with E-state index in [2.05, 4.69) is 10.6 Å². The van der Waals surface area contributed by atoms with Crippen LogP contribution in [0.15, 0.2) is 72.8 Å². The fourth-order valence-electron chi connectivity index (χ4n) is 5.42. The number of unbranched alkanes of at least 4 members (excludes halogenated alkanes) is 1. The second-order valence-corrected chi connectivity index (χ2v) is 10.6. The molecule has 4 rings (SSSR count). The predicted molar refractivity (Wildman–Crippen MR) is 158 cm³/mol. The van der Waals surface area contributed by atoms with Crippen LogP contribution in [0.2, 0.25) is 0 Å². The number of hydrogen-bond donors (Lipinski definition) is 4. The summed E-state index contributed by atoms with van der Waals surface area (Å²) in [6.45, 7) is 0.936. The van der Waals surface area contributed by atoms with Crippen molar-refractivity contribution in [1.82, 2.24) is 15.5 Å². The van der Waals surface area contributed by atoms with E-state index in [1.54, 1.807) is 4.90 Å². The molecule has 41 heavy (non-hydrogen) atoms. The first-order chi connectivity index (χ1) is 19.9. The van der Waals surface area contributed by atoms with Crippen LogP contribution in [0.25, 0.3) is 10.8 Å². The number of hydrogen-bond acceptors (Lipinski definition) is 5. The van der Waals surface area contributed by atoms with E-state index in [1.807, 2.05) is 72.8 Å². The summed E-state index contributed by atoms with van der Waals surface area (Å²) < 4.78 is 0. The number of benzene rings is 3. The number of amides is 4. The molecule has 0 aromatic heterocycles. The van der Waals surface area contributed by atoms with E-state index in [4.69, 9.17) is 11.5 Å². The maximum absolute atomic E-state index is 13.5. The van der Waals surface area contributed by atoms with Gasteiger partial charge in [-0.1, -0.05) is 72.8 Å². The molecule has 4 amide bonds. The minimum atomic E-state index is -0.927. The third kappa shape index (κ3) is 7.91. The van der Waals surface area contributed by atoms with Gasteiger partial charge in [-0.3, -0.25) is 19.2 Å². The first kappa shape index (κ1) is 29.7. The topological polar surface area (TPSA) is 148 Å². The lowest BCUT2D eigenvalue weighted by Gasteiger charge is -2.27. The van der Waals surface area contributed by atoms with Gasteiger partial charge in [0.25, 0.3) is 0 Å². The highest BCUT2D eigenvalue weighted by Crippen LogP contribution is 2.23. The Kier molecular flexibility index (Phi) is 10.5. The average molecular weight is 558 g/mol. The summed E-state index contributed by atoms with van der Waals surface area (Å²) in [6, 6.07) is 20.6. The Hall–Kier alpha value is -4.24. The lowest BCUT2D eigenvalue weighted by Crippen LogP contribution is -2.56. The Bertz CT molecular complexity index is 1360. The van der Waals surface area contributed by atoms with E-state index in [0.717, 1.165) is 21.9 Å². The summed E-state index contributed by atoms with van der Waals surface area (Å²) in [5.74, 6) is -1.64.